The van der Waals surface area contributed by atoms with Crippen molar-refractivity contribution in [3.05, 3.63) is 60.9 Å². The summed E-state index contributed by atoms with van der Waals surface area (Å²) in [5.74, 6) is 0.239. The molecule has 0 saturated carbocycles. The molecule has 2 heterocycles. The van der Waals surface area contributed by atoms with Crippen LogP contribution in [0.1, 0.15) is 0 Å². The monoisotopic (exact) mass is 409 g/mol. The molecule has 0 atom stereocenters. The summed E-state index contributed by atoms with van der Waals surface area (Å²) in [6, 6.07) is 18.0. The number of anilines is 2. The van der Waals surface area contributed by atoms with Gasteiger partial charge in [-0.2, -0.15) is 5.10 Å². The van der Waals surface area contributed by atoms with Gasteiger partial charge in [-0.25, -0.2) is 0 Å². The molecule has 1 saturated heterocycles. The SMILES string of the molecule is CN1CCN(c2ccc(NC(=O)CSc3nc[nH][n+]3-c3ccccc3)cc2)CC1. The number of carbonyl (C=O) groups excluding carboxylic acids is 1. The maximum atomic E-state index is 12.4. The molecule has 0 radical (unpaired) electrons. The number of aromatic nitrogens is 3. The number of benzene rings is 2. The summed E-state index contributed by atoms with van der Waals surface area (Å²) in [6.45, 7) is 4.21. The molecular formula is C21H25N6OS+. The van der Waals surface area contributed by atoms with Crippen molar-refractivity contribution in [1.82, 2.24) is 15.0 Å². The first kappa shape index (κ1) is 19.5. The molecule has 1 fully saturated rings. The Morgan fingerprint density at radius 1 is 1.10 bits per heavy atom. The minimum atomic E-state index is -0.0510. The van der Waals surface area contributed by atoms with E-state index in [0.29, 0.717) is 0 Å². The Kier molecular flexibility index (Phi) is 6.12. The number of para-hydroxylation sites is 1. The predicted octanol–water partition coefficient (Wildman–Crippen LogP) is 2.17. The molecule has 0 unspecified atom stereocenters. The molecule has 2 N–H and O–H groups in total. The van der Waals surface area contributed by atoms with Crippen LogP contribution in [0.4, 0.5) is 11.4 Å². The highest BCUT2D eigenvalue weighted by molar-refractivity contribution is 7.99. The van der Waals surface area contributed by atoms with Gasteiger partial charge in [0.25, 0.3) is 0 Å². The molecule has 150 valence electrons. The minimum absolute atomic E-state index is 0.0510. The molecule has 1 aliphatic heterocycles. The lowest BCUT2D eigenvalue weighted by atomic mass is 10.2. The maximum absolute atomic E-state index is 12.4. The van der Waals surface area contributed by atoms with Crippen LogP contribution in [0, 0.1) is 0 Å². The molecule has 2 aromatic carbocycles. The summed E-state index contributed by atoms with van der Waals surface area (Å²) in [4.78, 5) is 21.4. The molecule has 8 heteroatoms. The Bertz CT molecular complexity index is 935. The van der Waals surface area contributed by atoms with E-state index in [1.165, 1.54) is 17.4 Å². The first-order chi connectivity index (χ1) is 14.2. The molecule has 0 bridgehead atoms. The van der Waals surface area contributed by atoms with E-state index in [2.05, 4.69) is 44.4 Å². The van der Waals surface area contributed by atoms with E-state index in [1.54, 1.807) is 6.33 Å². The third-order valence-corrected chi connectivity index (χ3v) is 5.87. The highest BCUT2D eigenvalue weighted by atomic mass is 32.2. The lowest BCUT2D eigenvalue weighted by Gasteiger charge is -2.34. The Labute approximate surface area is 174 Å². The van der Waals surface area contributed by atoms with Crippen molar-refractivity contribution >= 4 is 29.0 Å². The summed E-state index contributed by atoms with van der Waals surface area (Å²) in [5.41, 5.74) is 2.99. The van der Waals surface area contributed by atoms with E-state index in [9.17, 15) is 4.79 Å². The topological polar surface area (TPSA) is 68.1 Å². The zero-order valence-electron chi connectivity index (χ0n) is 16.4. The number of nitrogens with zero attached hydrogens (tertiary/aromatic N) is 4. The lowest BCUT2D eigenvalue weighted by molar-refractivity contribution is -0.694. The molecule has 7 nitrogen and oxygen atoms in total. The highest BCUT2D eigenvalue weighted by Gasteiger charge is 2.19. The third-order valence-electron chi connectivity index (χ3n) is 4.92. The van der Waals surface area contributed by atoms with E-state index < -0.39 is 0 Å². The zero-order valence-corrected chi connectivity index (χ0v) is 17.2. The molecule has 3 aromatic rings. The van der Waals surface area contributed by atoms with Gasteiger partial charge in [-0.3, -0.25) is 4.79 Å². The van der Waals surface area contributed by atoms with Crippen molar-refractivity contribution in [3.63, 3.8) is 0 Å². The number of likely N-dealkylation sites (N-methyl/N-ethyl adjacent to an activating group) is 1. The van der Waals surface area contributed by atoms with Gasteiger partial charge in [0.1, 0.15) is 0 Å². The fourth-order valence-electron chi connectivity index (χ4n) is 3.27. The Hall–Kier alpha value is -2.84. The smallest absolute Gasteiger partial charge is 0.369 e. The van der Waals surface area contributed by atoms with Crippen LogP contribution >= 0.6 is 11.8 Å². The van der Waals surface area contributed by atoms with Crippen molar-refractivity contribution in [1.29, 1.82) is 0 Å². The normalized spacial score (nSPS) is 14.7. The van der Waals surface area contributed by atoms with Crippen LogP contribution in [0.5, 0.6) is 0 Å². The molecule has 29 heavy (non-hydrogen) atoms. The van der Waals surface area contributed by atoms with Gasteiger partial charge in [0, 0.05) is 37.6 Å². The number of hydrogen-bond acceptors (Lipinski definition) is 5. The van der Waals surface area contributed by atoms with Crippen LogP contribution in [0.3, 0.4) is 0 Å². The van der Waals surface area contributed by atoms with Gasteiger partial charge in [0.2, 0.25) is 12.2 Å². The molecule has 4 rings (SSSR count). The number of carbonyl (C=O) groups is 1. The third kappa shape index (κ3) is 4.96. The number of hydrogen-bond donors (Lipinski definition) is 2. The number of thioether (sulfide) groups is 1. The Morgan fingerprint density at radius 3 is 2.55 bits per heavy atom. The van der Waals surface area contributed by atoms with Crippen LogP contribution in [-0.4, -0.2) is 59.9 Å². The number of H-pyrrole nitrogens is 1. The summed E-state index contributed by atoms with van der Waals surface area (Å²) >= 11 is 1.40. The van der Waals surface area contributed by atoms with Crippen LogP contribution in [-0.2, 0) is 4.79 Å². The minimum Gasteiger partial charge on any atom is -0.369 e. The number of nitrogens with one attached hydrogen (secondary N) is 2. The second-order valence-corrected chi connectivity index (χ2v) is 7.96. The maximum Gasteiger partial charge on any atom is 0.385 e. The fraction of sp³-hybridized carbons (Fsp3) is 0.286. The standard InChI is InChI=1S/C21H24N6OS/c1-25-11-13-26(14-12-25)18-9-7-17(8-10-18)24-20(28)15-29-21-22-16-23-27(21)19-5-3-2-4-6-19/h2-10,16H,11-15H2,1H3,(H,24,28)/p+1. The van der Waals surface area contributed by atoms with Crippen LogP contribution < -0.4 is 14.9 Å². The van der Waals surface area contributed by atoms with Crippen molar-refractivity contribution < 1.29 is 9.48 Å². The van der Waals surface area contributed by atoms with Gasteiger partial charge in [-0.15, -0.1) is 4.68 Å². The lowest BCUT2D eigenvalue weighted by Crippen LogP contribution is -2.44. The van der Waals surface area contributed by atoms with E-state index >= 15 is 0 Å². The second-order valence-electron chi connectivity index (χ2n) is 7.01. The van der Waals surface area contributed by atoms with Crippen LogP contribution in [0.25, 0.3) is 5.69 Å². The first-order valence-corrected chi connectivity index (χ1v) is 10.6. The van der Waals surface area contributed by atoms with E-state index in [4.69, 9.17) is 0 Å². The number of aromatic amines is 1. The summed E-state index contributed by atoms with van der Waals surface area (Å²) in [6.07, 6.45) is 1.63. The van der Waals surface area contributed by atoms with E-state index in [0.717, 1.165) is 42.7 Å². The second kappa shape index (κ2) is 9.11. The van der Waals surface area contributed by atoms with Gasteiger partial charge < -0.3 is 15.1 Å². The molecule has 1 amide bonds. The molecular weight excluding hydrogens is 384 g/mol. The fourth-order valence-corrected chi connectivity index (χ4v) is 4.01. The van der Waals surface area contributed by atoms with Crippen molar-refractivity contribution in [2.24, 2.45) is 0 Å². The van der Waals surface area contributed by atoms with Crippen LogP contribution in [0.2, 0.25) is 0 Å². The van der Waals surface area contributed by atoms with Gasteiger partial charge in [0.15, 0.2) is 5.69 Å². The van der Waals surface area contributed by atoms with Crippen molar-refractivity contribution in [3.8, 4) is 5.69 Å². The van der Waals surface area contributed by atoms with Gasteiger partial charge in [-0.05, 0) is 60.2 Å². The number of piperazine rings is 1. The average Bonchev–Trinajstić information content (AvgIpc) is 3.23. The quantitative estimate of drug-likeness (QED) is 0.482. The first-order valence-electron chi connectivity index (χ1n) is 9.66. The summed E-state index contributed by atoms with van der Waals surface area (Å²) < 4.78 is 1.86. The predicted molar refractivity (Wildman–Crippen MR) is 116 cm³/mol. The van der Waals surface area contributed by atoms with Gasteiger partial charge in [-0.1, -0.05) is 18.2 Å². The summed E-state index contributed by atoms with van der Waals surface area (Å²) in [5, 5.41) is 6.79. The van der Waals surface area contributed by atoms with E-state index in [1.807, 2.05) is 47.1 Å². The Balaban J connectivity index is 1.31. The van der Waals surface area contributed by atoms with Gasteiger partial charge >= 0.3 is 5.16 Å². The Morgan fingerprint density at radius 2 is 1.83 bits per heavy atom. The zero-order chi connectivity index (χ0) is 20.1. The largest absolute Gasteiger partial charge is 0.385 e. The average molecular weight is 410 g/mol. The summed E-state index contributed by atoms with van der Waals surface area (Å²) in [7, 11) is 2.15. The molecule has 0 spiro atoms. The van der Waals surface area contributed by atoms with Crippen molar-refractivity contribution in [2.75, 3.05) is 49.2 Å². The van der Waals surface area contributed by atoms with E-state index in [-0.39, 0.29) is 11.7 Å². The van der Waals surface area contributed by atoms with Gasteiger partial charge in [0.05, 0.1) is 5.75 Å². The molecule has 0 aliphatic carbocycles. The molecule has 1 aliphatic rings. The molecule has 1 aromatic heterocycles. The van der Waals surface area contributed by atoms with Crippen molar-refractivity contribution in [2.45, 2.75) is 5.16 Å². The van der Waals surface area contributed by atoms with Crippen LogP contribution in [0.15, 0.2) is 66.1 Å². The number of rotatable bonds is 6. The number of amides is 1. The highest BCUT2D eigenvalue weighted by Crippen LogP contribution is 2.20.